The van der Waals surface area contributed by atoms with Crippen molar-refractivity contribution in [2.45, 2.75) is 20.1 Å². The van der Waals surface area contributed by atoms with Crippen LogP contribution in [0.15, 0.2) is 66.9 Å². The molecule has 0 bridgehead atoms. The Balaban J connectivity index is 1.71. The van der Waals surface area contributed by atoms with Gasteiger partial charge in [0.1, 0.15) is 6.61 Å². The summed E-state index contributed by atoms with van der Waals surface area (Å²) in [5, 5.41) is 0. The second kappa shape index (κ2) is 10.3. The number of ether oxygens (including phenoxy) is 3. The van der Waals surface area contributed by atoms with Crippen LogP contribution in [0.25, 0.3) is 0 Å². The Kier molecular flexibility index (Phi) is 7.27. The quantitative estimate of drug-likeness (QED) is 0.529. The standard InChI is InChI=1S/C24H26N2O4/c1-4-26(16-19-10-11-21(28-2)22(14-19)29-3)24(27)20-12-13-25-23(15-20)30-17-18-8-6-5-7-9-18/h5-15H,4,16-17H2,1-3H3. The molecule has 6 heteroatoms. The summed E-state index contributed by atoms with van der Waals surface area (Å²) in [5.74, 6) is 1.63. The summed E-state index contributed by atoms with van der Waals surface area (Å²) < 4.78 is 16.4. The van der Waals surface area contributed by atoms with Crippen molar-refractivity contribution in [3.8, 4) is 17.4 Å². The lowest BCUT2D eigenvalue weighted by Gasteiger charge is -2.22. The maximum Gasteiger partial charge on any atom is 0.254 e. The van der Waals surface area contributed by atoms with Crippen LogP contribution in [0.4, 0.5) is 0 Å². The highest BCUT2D eigenvalue weighted by atomic mass is 16.5. The molecule has 6 nitrogen and oxygen atoms in total. The smallest absolute Gasteiger partial charge is 0.254 e. The highest BCUT2D eigenvalue weighted by Gasteiger charge is 2.17. The zero-order chi connectivity index (χ0) is 21.3. The van der Waals surface area contributed by atoms with Gasteiger partial charge in [-0.25, -0.2) is 4.98 Å². The van der Waals surface area contributed by atoms with Gasteiger partial charge in [-0.2, -0.15) is 0 Å². The van der Waals surface area contributed by atoms with E-state index in [4.69, 9.17) is 14.2 Å². The lowest BCUT2D eigenvalue weighted by molar-refractivity contribution is 0.0751. The van der Waals surface area contributed by atoms with E-state index >= 15 is 0 Å². The summed E-state index contributed by atoms with van der Waals surface area (Å²) in [6, 6.07) is 18.9. The van der Waals surface area contributed by atoms with Gasteiger partial charge in [-0.15, -0.1) is 0 Å². The molecule has 3 aromatic rings. The average molecular weight is 406 g/mol. The van der Waals surface area contributed by atoms with Crippen LogP contribution in [-0.4, -0.2) is 36.6 Å². The molecule has 0 atom stereocenters. The van der Waals surface area contributed by atoms with E-state index in [9.17, 15) is 4.79 Å². The molecule has 0 aliphatic heterocycles. The summed E-state index contributed by atoms with van der Waals surface area (Å²) in [6.45, 7) is 3.37. The fraction of sp³-hybridized carbons (Fsp3) is 0.250. The van der Waals surface area contributed by atoms with Crippen molar-refractivity contribution >= 4 is 5.91 Å². The molecule has 0 spiro atoms. The van der Waals surface area contributed by atoms with Crippen molar-refractivity contribution in [1.29, 1.82) is 0 Å². The number of carbonyl (C=O) groups excluding carboxylic acids is 1. The van der Waals surface area contributed by atoms with Gasteiger partial charge in [-0.05, 0) is 36.2 Å². The molecule has 1 aromatic heterocycles. The maximum absolute atomic E-state index is 13.1. The van der Waals surface area contributed by atoms with Gasteiger partial charge in [0.25, 0.3) is 5.91 Å². The first-order valence-electron chi connectivity index (χ1n) is 9.77. The Morgan fingerprint density at radius 3 is 2.40 bits per heavy atom. The predicted molar refractivity (Wildman–Crippen MR) is 115 cm³/mol. The van der Waals surface area contributed by atoms with Crippen molar-refractivity contribution in [2.75, 3.05) is 20.8 Å². The molecule has 156 valence electrons. The SMILES string of the molecule is CCN(Cc1ccc(OC)c(OC)c1)C(=O)c1ccnc(OCc2ccccc2)c1. The zero-order valence-electron chi connectivity index (χ0n) is 17.5. The Labute approximate surface area is 177 Å². The minimum atomic E-state index is -0.0840. The molecule has 0 saturated carbocycles. The van der Waals surface area contributed by atoms with Gasteiger partial charge in [-0.1, -0.05) is 36.4 Å². The van der Waals surface area contributed by atoms with Crippen molar-refractivity contribution < 1.29 is 19.0 Å². The number of hydrogen-bond donors (Lipinski definition) is 0. The normalized spacial score (nSPS) is 10.4. The summed E-state index contributed by atoms with van der Waals surface area (Å²) in [5.41, 5.74) is 2.53. The Hall–Kier alpha value is -3.54. The first-order valence-corrected chi connectivity index (χ1v) is 9.77. The molecule has 0 N–H and O–H groups in total. The molecule has 30 heavy (non-hydrogen) atoms. The Bertz CT molecular complexity index is 976. The van der Waals surface area contributed by atoms with Gasteiger partial charge in [-0.3, -0.25) is 4.79 Å². The Morgan fingerprint density at radius 2 is 1.70 bits per heavy atom. The van der Waals surface area contributed by atoms with Crippen LogP contribution in [-0.2, 0) is 13.2 Å². The average Bonchev–Trinajstić information content (AvgIpc) is 2.81. The number of hydrogen-bond acceptors (Lipinski definition) is 5. The van der Waals surface area contributed by atoms with Crippen LogP contribution in [0.2, 0.25) is 0 Å². The summed E-state index contributed by atoms with van der Waals surface area (Å²) in [6.07, 6.45) is 1.60. The molecule has 1 amide bonds. The molecule has 0 saturated heterocycles. The molecule has 1 heterocycles. The van der Waals surface area contributed by atoms with E-state index in [1.807, 2.05) is 55.5 Å². The van der Waals surface area contributed by atoms with Crippen LogP contribution in [0.5, 0.6) is 17.4 Å². The fourth-order valence-corrected chi connectivity index (χ4v) is 3.06. The van der Waals surface area contributed by atoms with Crippen LogP contribution in [0, 0.1) is 0 Å². The van der Waals surface area contributed by atoms with Gasteiger partial charge >= 0.3 is 0 Å². The number of nitrogens with zero attached hydrogens (tertiary/aromatic N) is 2. The number of rotatable bonds is 9. The van der Waals surface area contributed by atoms with E-state index in [1.54, 1.807) is 37.4 Å². The number of pyridine rings is 1. The van der Waals surface area contributed by atoms with Crippen molar-refractivity contribution in [3.05, 3.63) is 83.6 Å². The first-order chi connectivity index (χ1) is 14.6. The van der Waals surface area contributed by atoms with E-state index in [0.717, 1.165) is 11.1 Å². The molecule has 0 aliphatic carbocycles. The number of benzene rings is 2. The van der Waals surface area contributed by atoms with E-state index in [1.165, 1.54) is 0 Å². The topological polar surface area (TPSA) is 60.9 Å². The molecule has 0 fully saturated rings. The predicted octanol–water partition coefficient (Wildman–Crippen LogP) is 4.34. The van der Waals surface area contributed by atoms with Crippen molar-refractivity contribution in [1.82, 2.24) is 9.88 Å². The van der Waals surface area contributed by atoms with Gasteiger partial charge < -0.3 is 19.1 Å². The second-order valence-corrected chi connectivity index (χ2v) is 6.67. The van der Waals surface area contributed by atoms with Gasteiger partial charge in [0.05, 0.1) is 14.2 Å². The van der Waals surface area contributed by atoms with E-state index in [-0.39, 0.29) is 5.91 Å². The third kappa shape index (κ3) is 5.29. The number of carbonyl (C=O) groups is 1. The minimum Gasteiger partial charge on any atom is -0.493 e. The van der Waals surface area contributed by atoms with Gasteiger partial charge in [0, 0.05) is 30.9 Å². The van der Waals surface area contributed by atoms with E-state index < -0.39 is 0 Å². The van der Waals surface area contributed by atoms with Gasteiger partial charge in [0.15, 0.2) is 11.5 Å². The van der Waals surface area contributed by atoms with Crippen LogP contribution < -0.4 is 14.2 Å². The van der Waals surface area contributed by atoms with Crippen LogP contribution in [0.1, 0.15) is 28.4 Å². The summed E-state index contributed by atoms with van der Waals surface area (Å²) >= 11 is 0. The van der Waals surface area contributed by atoms with Gasteiger partial charge in [0.2, 0.25) is 5.88 Å². The number of aromatic nitrogens is 1. The highest BCUT2D eigenvalue weighted by Crippen LogP contribution is 2.28. The summed E-state index contributed by atoms with van der Waals surface area (Å²) in [4.78, 5) is 19.1. The third-order valence-electron chi connectivity index (χ3n) is 4.70. The molecule has 0 radical (unpaired) electrons. The van der Waals surface area contributed by atoms with E-state index in [2.05, 4.69) is 4.98 Å². The molecule has 2 aromatic carbocycles. The lowest BCUT2D eigenvalue weighted by Crippen LogP contribution is -2.30. The fourth-order valence-electron chi connectivity index (χ4n) is 3.06. The van der Waals surface area contributed by atoms with Crippen LogP contribution >= 0.6 is 0 Å². The lowest BCUT2D eigenvalue weighted by atomic mass is 10.1. The zero-order valence-corrected chi connectivity index (χ0v) is 17.5. The van der Waals surface area contributed by atoms with E-state index in [0.29, 0.717) is 42.6 Å². The number of methoxy groups -OCH3 is 2. The molecular weight excluding hydrogens is 380 g/mol. The monoisotopic (exact) mass is 406 g/mol. The first kappa shape index (κ1) is 21.2. The van der Waals surface area contributed by atoms with Crippen molar-refractivity contribution in [2.24, 2.45) is 0 Å². The van der Waals surface area contributed by atoms with Crippen molar-refractivity contribution in [3.63, 3.8) is 0 Å². The molecule has 0 unspecified atom stereocenters. The summed E-state index contributed by atoms with van der Waals surface area (Å²) in [7, 11) is 3.19. The highest BCUT2D eigenvalue weighted by molar-refractivity contribution is 5.94. The molecule has 3 rings (SSSR count). The minimum absolute atomic E-state index is 0.0840. The Morgan fingerprint density at radius 1 is 0.933 bits per heavy atom. The molecule has 0 aliphatic rings. The third-order valence-corrected chi connectivity index (χ3v) is 4.70. The largest absolute Gasteiger partial charge is 0.493 e. The second-order valence-electron chi connectivity index (χ2n) is 6.67. The maximum atomic E-state index is 13.1. The number of amides is 1. The molecular formula is C24H26N2O4. The van der Waals surface area contributed by atoms with Crippen LogP contribution in [0.3, 0.4) is 0 Å².